The Morgan fingerprint density at radius 2 is 2.17 bits per heavy atom. The maximum Gasteiger partial charge on any atom is 0.335 e. The van der Waals surface area contributed by atoms with Gasteiger partial charge in [-0.2, -0.15) is 0 Å². The van der Waals surface area contributed by atoms with Crippen LogP contribution in [0.2, 0.25) is 10.0 Å². The number of rotatable bonds is 3. The Morgan fingerprint density at radius 3 is 2.78 bits per heavy atom. The van der Waals surface area contributed by atoms with Gasteiger partial charge in [-0.05, 0) is 19.1 Å². The summed E-state index contributed by atoms with van der Waals surface area (Å²) in [5.74, 6) is -0.522. The quantitative estimate of drug-likeness (QED) is 0.862. The smallest absolute Gasteiger partial charge is 0.335 e. The van der Waals surface area contributed by atoms with Crippen molar-refractivity contribution in [2.45, 2.75) is 13.0 Å². The van der Waals surface area contributed by atoms with Crippen LogP contribution in [0.3, 0.4) is 0 Å². The summed E-state index contributed by atoms with van der Waals surface area (Å²) in [6.45, 7) is 1.70. The van der Waals surface area contributed by atoms with Gasteiger partial charge in [0.1, 0.15) is 6.04 Å². The largest absolute Gasteiger partial charge is 0.478 e. The van der Waals surface area contributed by atoms with Crippen LogP contribution in [-0.4, -0.2) is 21.9 Å². The molecule has 0 saturated carbocycles. The molecule has 8 heteroatoms. The topological polar surface area (TPSA) is 74.6 Å². The Bertz CT molecular complexity index is 831. The van der Waals surface area contributed by atoms with Crippen molar-refractivity contribution in [2.24, 2.45) is 4.99 Å². The number of aliphatic imine (C=N–C) groups is 1. The highest BCUT2D eigenvalue weighted by atomic mass is 35.5. The molecular weight excluding hydrogens is 357 g/mol. The number of carboxylic acids is 1. The molecule has 3 rings (SSSR count). The summed E-state index contributed by atoms with van der Waals surface area (Å²) in [5.41, 5.74) is 1.24. The highest BCUT2D eigenvalue weighted by Crippen LogP contribution is 2.36. The number of allylic oxidation sites excluding steroid dienone is 1. The van der Waals surface area contributed by atoms with Crippen LogP contribution >= 0.6 is 34.5 Å². The van der Waals surface area contributed by atoms with Crippen LogP contribution in [0.25, 0.3) is 0 Å². The molecule has 0 radical (unpaired) electrons. The Kier molecular flexibility index (Phi) is 4.39. The fourth-order valence-electron chi connectivity index (χ4n) is 2.35. The number of aromatic nitrogens is 1. The number of thiazole rings is 1. The number of hydrogen-bond donors (Lipinski definition) is 2. The van der Waals surface area contributed by atoms with Crippen molar-refractivity contribution in [1.82, 2.24) is 10.3 Å². The molecule has 1 atom stereocenters. The third kappa shape index (κ3) is 3.10. The Hall–Kier alpha value is -1.89. The van der Waals surface area contributed by atoms with Gasteiger partial charge in [-0.15, -0.1) is 11.3 Å². The zero-order valence-corrected chi connectivity index (χ0v) is 14.2. The molecule has 0 aliphatic carbocycles. The second-order valence-electron chi connectivity index (χ2n) is 4.85. The van der Waals surface area contributed by atoms with Gasteiger partial charge in [0, 0.05) is 32.9 Å². The van der Waals surface area contributed by atoms with E-state index in [0.717, 1.165) is 0 Å². The normalized spacial score (nSPS) is 17.7. The van der Waals surface area contributed by atoms with Gasteiger partial charge in [0.25, 0.3) is 0 Å². The summed E-state index contributed by atoms with van der Waals surface area (Å²) < 4.78 is 0. The van der Waals surface area contributed by atoms with Crippen LogP contribution in [0.1, 0.15) is 23.5 Å². The van der Waals surface area contributed by atoms with Crippen molar-refractivity contribution in [3.05, 3.63) is 61.7 Å². The van der Waals surface area contributed by atoms with Crippen molar-refractivity contribution < 1.29 is 9.90 Å². The summed E-state index contributed by atoms with van der Waals surface area (Å²) in [6, 6.07) is 4.21. The number of carboxylic acid groups (broad SMARTS) is 1. The van der Waals surface area contributed by atoms with Crippen molar-refractivity contribution in [2.75, 3.05) is 0 Å². The van der Waals surface area contributed by atoms with Crippen molar-refractivity contribution in [1.29, 1.82) is 0 Å². The minimum Gasteiger partial charge on any atom is -0.478 e. The Balaban J connectivity index is 2.14. The first-order valence-corrected chi connectivity index (χ1v) is 8.24. The summed E-state index contributed by atoms with van der Waals surface area (Å²) in [7, 11) is 0. The second kappa shape index (κ2) is 6.31. The maximum absolute atomic E-state index is 11.7. The summed E-state index contributed by atoms with van der Waals surface area (Å²) in [5, 5.41) is 15.9. The van der Waals surface area contributed by atoms with E-state index in [2.05, 4.69) is 15.3 Å². The average molecular weight is 368 g/mol. The van der Waals surface area contributed by atoms with Crippen molar-refractivity contribution in [3.8, 4) is 0 Å². The fourth-order valence-corrected chi connectivity index (χ4v) is 3.45. The molecule has 2 N–H and O–H groups in total. The number of nitrogens with zero attached hydrogens (tertiary/aromatic N) is 2. The molecule has 1 aliphatic rings. The fraction of sp³-hybridized carbons (Fsp3) is 0.133. The third-order valence-electron chi connectivity index (χ3n) is 3.36. The summed E-state index contributed by atoms with van der Waals surface area (Å²) in [4.78, 5) is 20.4. The van der Waals surface area contributed by atoms with E-state index < -0.39 is 12.0 Å². The number of carbonyl (C=O) groups is 1. The number of nitrogens with one attached hydrogen (secondary N) is 1. The van der Waals surface area contributed by atoms with Crippen LogP contribution in [0.4, 0.5) is 0 Å². The van der Waals surface area contributed by atoms with Gasteiger partial charge in [0.15, 0.2) is 10.8 Å². The predicted octanol–water partition coefficient (Wildman–Crippen LogP) is 3.90. The molecule has 2 aromatic rings. The van der Waals surface area contributed by atoms with Crippen LogP contribution in [0.15, 0.2) is 46.0 Å². The van der Waals surface area contributed by atoms with Crippen LogP contribution < -0.4 is 5.32 Å². The first kappa shape index (κ1) is 16.0. The molecule has 1 aromatic carbocycles. The molecule has 0 fully saturated rings. The number of benzene rings is 1. The number of aliphatic carboxylic acids is 1. The minimum absolute atomic E-state index is 0.148. The first-order chi connectivity index (χ1) is 11.0. The van der Waals surface area contributed by atoms with E-state index in [-0.39, 0.29) is 5.57 Å². The van der Waals surface area contributed by atoms with Gasteiger partial charge in [-0.3, -0.25) is 4.99 Å². The van der Waals surface area contributed by atoms with Gasteiger partial charge in [-0.1, -0.05) is 29.3 Å². The van der Waals surface area contributed by atoms with Crippen LogP contribution in [-0.2, 0) is 4.79 Å². The molecule has 0 saturated heterocycles. The molecule has 118 valence electrons. The zero-order valence-electron chi connectivity index (χ0n) is 11.9. The molecule has 1 unspecified atom stereocenters. The predicted molar refractivity (Wildman–Crippen MR) is 91.3 cm³/mol. The lowest BCUT2D eigenvalue weighted by Gasteiger charge is -2.25. The Morgan fingerprint density at radius 1 is 1.39 bits per heavy atom. The van der Waals surface area contributed by atoms with E-state index in [1.54, 1.807) is 31.3 Å². The molecule has 2 heterocycles. The van der Waals surface area contributed by atoms with Gasteiger partial charge in [-0.25, -0.2) is 9.78 Å². The van der Waals surface area contributed by atoms with E-state index in [4.69, 9.17) is 23.2 Å². The van der Waals surface area contributed by atoms with Crippen LogP contribution in [0, 0.1) is 0 Å². The molecule has 1 aromatic heterocycles. The molecule has 0 spiro atoms. The molecule has 1 aliphatic heterocycles. The molecule has 23 heavy (non-hydrogen) atoms. The standard InChI is InChI=1S/C15H11Cl2N3O2S/c1-7-11(15(21)22)12(9-3-2-8(16)6-10(9)17)20-13(19-7)14-18-4-5-23-14/h2-6,12H,1H3,(H,19,20)(H,21,22). The molecule has 0 bridgehead atoms. The van der Waals surface area contributed by atoms with E-state index in [1.165, 1.54) is 11.3 Å². The van der Waals surface area contributed by atoms with E-state index in [9.17, 15) is 9.90 Å². The lowest BCUT2D eigenvalue weighted by atomic mass is 9.96. The lowest BCUT2D eigenvalue weighted by molar-refractivity contribution is -0.133. The zero-order chi connectivity index (χ0) is 16.6. The highest BCUT2D eigenvalue weighted by molar-refractivity contribution is 7.11. The van der Waals surface area contributed by atoms with Gasteiger partial charge < -0.3 is 10.4 Å². The van der Waals surface area contributed by atoms with E-state index in [1.807, 2.05) is 5.38 Å². The average Bonchev–Trinajstić information content (AvgIpc) is 3.00. The van der Waals surface area contributed by atoms with E-state index in [0.29, 0.717) is 32.1 Å². The van der Waals surface area contributed by atoms with E-state index >= 15 is 0 Å². The molecular formula is C15H11Cl2N3O2S. The number of halogens is 2. The second-order valence-corrected chi connectivity index (χ2v) is 6.59. The number of hydrogen-bond acceptors (Lipinski definition) is 5. The first-order valence-electron chi connectivity index (χ1n) is 6.61. The molecule has 5 nitrogen and oxygen atoms in total. The van der Waals surface area contributed by atoms with Gasteiger partial charge in [0.2, 0.25) is 0 Å². The van der Waals surface area contributed by atoms with Crippen molar-refractivity contribution in [3.63, 3.8) is 0 Å². The third-order valence-corrected chi connectivity index (χ3v) is 4.71. The van der Waals surface area contributed by atoms with Gasteiger partial charge in [0.05, 0.1) is 5.57 Å². The monoisotopic (exact) mass is 367 g/mol. The summed E-state index contributed by atoms with van der Waals surface area (Å²) >= 11 is 13.6. The summed E-state index contributed by atoms with van der Waals surface area (Å²) in [6.07, 6.45) is 1.67. The Labute approximate surface area is 146 Å². The molecule has 0 amide bonds. The number of amidine groups is 1. The highest BCUT2D eigenvalue weighted by Gasteiger charge is 2.31. The van der Waals surface area contributed by atoms with Gasteiger partial charge >= 0.3 is 5.97 Å². The lowest BCUT2D eigenvalue weighted by Crippen LogP contribution is -2.32. The maximum atomic E-state index is 11.7. The van der Waals surface area contributed by atoms with Crippen LogP contribution in [0.5, 0.6) is 0 Å². The SMILES string of the molecule is CC1=C(C(=O)O)C(c2ccc(Cl)cc2Cl)N=C(c2nccs2)N1. The van der Waals surface area contributed by atoms with Crippen molar-refractivity contribution >= 4 is 46.3 Å². The minimum atomic E-state index is -1.05.